The molecule has 0 aromatic heterocycles. The highest BCUT2D eigenvalue weighted by Crippen LogP contribution is 2.33. The lowest BCUT2D eigenvalue weighted by Gasteiger charge is -2.25. The Labute approximate surface area is 97.6 Å². The number of hydrogen-bond donors (Lipinski definition) is 0. The third-order valence-corrected chi connectivity index (χ3v) is 5.25. The molecule has 1 aliphatic rings. The molecule has 8 heteroatoms. The molecule has 1 aliphatic carbocycles. The second-order valence-electron chi connectivity index (χ2n) is 3.90. The lowest BCUT2D eigenvalue weighted by atomic mass is 10.5. The highest BCUT2D eigenvalue weighted by Gasteiger charge is 2.45. The number of alkyl halides is 4. The topological polar surface area (TPSA) is 37.4 Å². The molecule has 96 valence electrons. The van der Waals surface area contributed by atoms with Crippen LogP contribution in [0.4, 0.5) is 13.2 Å². The van der Waals surface area contributed by atoms with Crippen molar-refractivity contribution in [1.29, 1.82) is 0 Å². The molecule has 0 saturated heterocycles. The van der Waals surface area contributed by atoms with Crippen molar-refractivity contribution in [2.45, 2.75) is 37.2 Å². The Kier molecular flexibility index (Phi) is 4.13. The van der Waals surface area contributed by atoms with Crippen LogP contribution in [0.5, 0.6) is 0 Å². The van der Waals surface area contributed by atoms with E-state index in [1.165, 1.54) is 6.92 Å². The smallest absolute Gasteiger partial charge is 0.212 e. The highest BCUT2D eigenvalue weighted by molar-refractivity contribution is 7.89. The van der Waals surface area contributed by atoms with E-state index in [0.29, 0.717) is 17.1 Å². The van der Waals surface area contributed by atoms with Gasteiger partial charge in [-0.1, -0.05) is 0 Å². The standard InChI is InChI=1S/C8H13ClF3NO2S/c1-6(4-9)16(14,15)13(7-2-3-7)5-8(10,11)12/h6-7H,2-5H2,1H3. The molecule has 3 nitrogen and oxygen atoms in total. The molecule has 0 amide bonds. The Morgan fingerprint density at radius 2 is 1.94 bits per heavy atom. The van der Waals surface area contributed by atoms with Gasteiger partial charge in [-0.25, -0.2) is 8.42 Å². The van der Waals surface area contributed by atoms with E-state index in [9.17, 15) is 21.6 Å². The van der Waals surface area contributed by atoms with Gasteiger partial charge in [0.25, 0.3) is 0 Å². The van der Waals surface area contributed by atoms with Crippen molar-refractivity contribution in [2.24, 2.45) is 0 Å². The molecule has 1 unspecified atom stereocenters. The minimum Gasteiger partial charge on any atom is -0.212 e. The largest absolute Gasteiger partial charge is 0.402 e. The molecule has 0 radical (unpaired) electrons. The molecule has 0 aliphatic heterocycles. The summed E-state index contributed by atoms with van der Waals surface area (Å²) >= 11 is 5.39. The maximum Gasteiger partial charge on any atom is 0.402 e. The summed E-state index contributed by atoms with van der Waals surface area (Å²) in [6.45, 7) is -0.102. The zero-order valence-electron chi connectivity index (χ0n) is 8.67. The Bertz CT molecular complexity index is 340. The van der Waals surface area contributed by atoms with Crippen molar-refractivity contribution in [3.05, 3.63) is 0 Å². The zero-order chi connectivity index (χ0) is 12.6. The average molecular weight is 280 g/mol. The molecule has 0 bridgehead atoms. The summed E-state index contributed by atoms with van der Waals surface area (Å²) in [6, 6.07) is -0.503. The van der Waals surface area contributed by atoms with E-state index in [0.717, 1.165) is 0 Å². The summed E-state index contributed by atoms with van der Waals surface area (Å²) in [7, 11) is -3.94. The second-order valence-corrected chi connectivity index (χ2v) is 6.51. The van der Waals surface area contributed by atoms with Crippen molar-refractivity contribution in [3.8, 4) is 0 Å². The quantitative estimate of drug-likeness (QED) is 0.722. The van der Waals surface area contributed by atoms with Gasteiger partial charge in [0, 0.05) is 11.9 Å². The van der Waals surface area contributed by atoms with Crippen LogP contribution < -0.4 is 0 Å². The molecule has 1 atom stereocenters. The first-order valence-corrected chi connectivity index (χ1v) is 6.85. The molecular formula is C8H13ClF3NO2S. The minimum atomic E-state index is -4.51. The first-order chi connectivity index (χ1) is 7.18. The van der Waals surface area contributed by atoms with E-state index in [1.807, 2.05) is 0 Å². The Morgan fingerprint density at radius 3 is 2.25 bits per heavy atom. The van der Waals surface area contributed by atoms with E-state index in [4.69, 9.17) is 11.6 Å². The zero-order valence-corrected chi connectivity index (χ0v) is 10.2. The molecule has 16 heavy (non-hydrogen) atoms. The predicted octanol–water partition coefficient (Wildman–Crippen LogP) is 1.97. The van der Waals surface area contributed by atoms with Crippen molar-refractivity contribution in [1.82, 2.24) is 4.31 Å². The van der Waals surface area contributed by atoms with Gasteiger partial charge in [0.15, 0.2) is 0 Å². The maximum absolute atomic E-state index is 12.3. The summed E-state index contributed by atoms with van der Waals surface area (Å²) in [5.41, 5.74) is 0. The lowest BCUT2D eigenvalue weighted by Crippen LogP contribution is -2.44. The SMILES string of the molecule is CC(CCl)S(=O)(=O)N(CC(F)(F)F)C1CC1. The summed E-state index contributed by atoms with van der Waals surface area (Å²) in [5, 5.41) is -0.989. The predicted molar refractivity (Wildman–Crippen MR) is 54.9 cm³/mol. The van der Waals surface area contributed by atoms with Gasteiger partial charge in [0.2, 0.25) is 10.0 Å². The van der Waals surface area contributed by atoms with Crippen LogP contribution in [-0.4, -0.2) is 42.6 Å². The number of nitrogens with zero attached hydrogens (tertiary/aromatic N) is 1. The fraction of sp³-hybridized carbons (Fsp3) is 1.00. The second kappa shape index (κ2) is 4.70. The normalized spacial score (nSPS) is 20.1. The van der Waals surface area contributed by atoms with Gasteiger partial charge in [-0.2, -0.15) is 17.5 Å². The number of hydrogen-bond acceptors (Lipinski definition) is 2. The van der Waals surface area contributed by atoms with Crippen molar-refractivity contribution in [3.63, 3.8) is 0 Å². The molecule has 0 heterocycles. The van der Waals surface area contributed by atoms with Crippen LogP contribution in [0.15, 0.2) is 0 Å². The van der Waals surface area contributed by atoms with Crippen molar-refractivity contribution in [2.75, 3.05) is 12.4 Å². The van der Waals surface area contributed by atoms with Crippen LogP contribution in [0.3, 0.4) is 0 Å². The Hall–Kier alpha value is -0.0100. The van der Waals surface area contributed by atoms with E-state index < -0.39 is 34.0 Å². The summed E-state index contributed by atoms with van der Waals surface area (Å²) in [5.74, 6) is -0.205. The van der Waals surface area contributed by atoms with Crippen LogP contribution >= 0.6 is 11.6 Å². The fourth-order valence-electron chi connectivity index (χ4n) is 1.28. The number of halogens is 4. The third kappa shape index (κ3) is 3.49. The van der Waals surface area contributed by atoms with Crippen LogP contribution in [0.2, 0.25) is 0 Å². The molecule has 0 aromatic rings. The Balaban J connectivity index is 2.85. The molecule has 1 fully saturated rings. The molecule has 0 spiro atoms. The number of rotatable bonds is 5. The third-order valence-electron chi connectivity index (χ3n) is 2.34. The van der Waals surface area contributed by atoms with Crippen molar-refractivity contribution < 1.29 is 21.6 Å². The van der Waals surface area contributed by atoms with Gasteiger partial charge in [-0.3, -0.25) is 0 Å². The van der Waals surface area contributed by atoms with Gasteiger partial charge in [0.05, 0.1) is 5.25 Å². The summed E-state index contributed by atoms with van der Waals surface area (Å²) < 4.78 is 60.8. The Morgan fingerprint density at radius 1 is 1.44 bits per heavy atom. The van der Waals surface area contributed by atoms with Gasteiger partial charge >= 0.3 is 6.18 Å². The van der Waals surface area contributed by atoms with E-state index in [2.05, 4.69) is 0 Å². The van der Waals surface area contributed by atoms with E-state index in [1.54, 1.807) is 0 Å². The highest BCUT2D eigenvalue weighted by atomic mass is 35.5. The first kappa shape index (κ1) is 14.1. The van der Waals surface area contributed by atoms with Gasteiger partial charge < -0.3 is 0 Å². The number of sulfonamides is 1. The fourth-order valence-corrected chi connectivity index (χ4v) is 3.33. The van der Waals surface area contributed by atoms with Crippen LogP contribution in [0.1, 0.15) is 19.8 Å². The molecular weight excluding hydrogens is 267 g/mol. The molecule has 1 rings (SSSR count). The molecule has 1 saturated carbocycles. The monoisotopic (exact) mass is 279 g/mol. The van der Waals surface area contributed by atoms with Crippen LogP contribution in [0, 0.1) is 0 Å². The van der Waals surface area contributed by atoms with Gasteiger partial charge in [0.1, 0.15) is 6.54 Å². The minimum absolute atomic E-state index is 0.205. The van der Waals surface area contributed by atoms with E-state index >= 15 is 0 Å². The first-order valence-electron chi connectivity index (χ1n) is 4.82. The summed E-state index contributed by atoms with van der Waals surface area (Å²) in [6.07, 6.45) is -3.53. The lowest BCUT2D eigenvalue weighted by molar-refractivity contribution is -0.137. The van der Waals surface area contributed by atoms with Crippen LogP contribution in [-0.2, 0) is 10.0 Å². The van der Waals surface area contributed by atoms with Crippen LogP contribution in [0.25, 0.3) is 0 Å². The average Bonchev–Trinajstić information content (AvgIpc) is 2.94. The molecule has 0 aromatic carbocycles. The molecule has 0 N–H and O–H groups in total. The van der Waals surface area contributed by atoms with Crippen molar-refractivity contribution >= 4 is 21.6 Å². The summed E-state index contributed by atoms with van der Waals surface area (Å²) in [4.78, 5) is 0. The van der Waals surface area contributed by atoms with E-state index in [-0.39, 0.29) is 5.88 Å². The van der Waals surface area contributed by atoms with Gasteiger partial charge in [-0.15, -0.1) is 11.6 Å². The van der Waals surface area contributed by atoms with Gasteiger partial charge in [-0.05, 0) is 19.8 Å². The maximum atomic E-state index is 12.3.